The van der Waals surface area contributed by atoms with Gasteiger partial charge in [-0.3, -0.25) is 19.4 Å². The Morgan fingerprint density at radius 2 is 1.63 bits per heavy atom. The molecule has 3 rings (SSSR count). The van der Waals surface area contributed by atoms with Gasteiger partial charge in [0.15, 0.2) is 21.4 Å². The first-order valence-corrected chi connectivity index (χ1v) is 19.0. The zero-order valence-electron chi connectivity index (χ0n) is 30.6. The maximum atomic E-state index is 15.3. The highest BCUT2D eigenvalue weighted by Gasteiger charge is 2.63. The van der Waals surface area contributed by atoms with Crippen LogP contribution in [0.25, 0.3) is 0 Å². The predicted octanol–water partition coefficient (Wildman–Crippen LogP) is 2.57. The van der Waals surface area contributed by atoms with Crippen molar-refractivity contribution in [3.05, 3.63) is 78.1 Å². The Balaban J connectivity index is 2.40. The molecule has 0 spiro atoms. The Bertz CT molecular complexity index is 1700. The highest BCUT2D eigenvalue weighted by molar-refractivity contribution is 7.92. The van der Waals surface area contributed by atoms with Gasteiger partial charge < -0.3 is 32.6 Å². The minimum atomic E-state index is -4.75. The Labute approximate surface area is 301 Å². The number of hydrogen-bond acceptors (Lipinski definition) is 11. The molecule has 1 aromatic carbocycles. The van der Waals surface area contributed by atoms with Crippen molar-refractivity contribution in [2.75, 3.05) is 0 Å². The molecule has 280 valence electrons. The fourth-order valence-electron chi connectivity index (χ4n) is 6.58. The highest BCUT2D eigenvalue weighted by Crippen LogP contribution is 2.44. The molecule has 14 heteroatoms. The fourth-order valence-corrected chi connectivity index (χ4v) is 8.94. The van der Waals surface area contributed by atoms with Crippen molar-refractivity contribution in [3.63, 3.8) is 0 Å². The fraction of sp³-hybridized carbons (Fsp3) is 0.541. The third-order valence-corrected chi connectivity index (χ3v) is 12.0. The maximum absolute atomic E-state index is 15.3. The minimum Gasteiger partial charge on any atom is -0.390 e. The van der Waals surface area contributed by atoms with E-state index in [9.17, 15) is 18.3 Å². The summed E-state index contributed by atoms with van der Waals surface area (Å²) in [6.45, 7) is 12.2. The average Bonchev–Trinajstić information content (AvgIpc) is 3.60. The van der Waals surface area contributed by atoms with Crippen LogP contribution in [-0.2, 0) is 30.6 Å². The second-order valence-corrected chi connectivity index (χ2v) is 16.4. The van der Waals surface area contributed by atoms with Gasteiger partial charge in [0.25, 0.3) is 0 Å². The lowest BCUT2D eigenvalue weighted by atomic mass is 9.65. The Morgan fingerprint density at radius 1 is 0.980 bits per heavy atom. The number of aliphatic hydroxyl groups is 1. The molecule has 0 aliphatic rings. The van der Waals surface area contributed by atoms with Gasteiger partial charge in [-0.1, -0.05) is 71.7 Å². The van der Waals surface area contributed by atoms with Gasteiger partial charge in [-0.05, 0) is 55.4 Å². The van der Waals surface area contributed by atoms with Crippen LogP contribution in [0.3, 0.4) is 0 Å². The van der Waals surface area contributed by atoms with E-state index in [4.69, 9.17) is 17.2 Å². The Kier molecular flexibility index (Phi) is 14.4. The van der Waals surface area contributed by atoms with E-state index in [0.29, 0.717) is 12.1 Å². The van der Waals surface area contributed by atoms with Crippen LogP contribution in [0.2, 0.25) is 0 Å². The SMILES string of the molecule is CC[C@H](C)[C@H](N)C(=O)C(NC(=O)[C@@](C(=O)[C@@H](N)Cc1c[nH]cn1)(C(C)C)C([C@@H](O)[C@@H](N)CC(C)C)S(=O)(=O)c1ccc(C)cc1)c1ccccn1. The van der Waals surface area contributed by atoms with Crippen molar-refractivity contribution >= 4 is 27.3 Å². The number of amides is 1. The van der Waals surface area contributed by atoms with Crippen LogP contribution in [0, 0.1) is 30.1 Å². The monoisotopic (exact) mass is 725 g/mol. The van der Waals surface area contributed by atoms with Crippen LogP contribution in [0.1, 0.15) is 77.4 Å². The molecule has 0 saturated heterocycles. The smallest absolute Gasteiger partial charge is 0.236 e. The quantitative estimate of drug-likeness (QED) is 0.0982. The molecule has 0 bridgehead atoms. The van der Waals surface area contributed by atoms with Crippen LogP contribution in [-0.4, -0.2) is 75.4 Å². The number of aromatic amines is 1. The highest BCUT2D eigenvalue weighted by atomic mass is 32.2. The second-order valence-electron chi connectivity index (χ2n) is 14.3. The first kappa shape index (κ1) is 41.6. The number of nitrogens with one attached hydrogen (secondary N) is 2. The zero-order valence-corrected chi connectivity index (χ0v) is 31.4. The van der Waals surface area contributed by atoms with Gasteiger partial charge in [-0.15, -0.1) is 0 Å². The number of H-pyrrole nitrogens is 1. The zero-order chi connectivity index (χ0) is 38.3. The average molecular weight is 726 g/mol. The predicted molar refractivity (Wildman–Crippen MR) is 196 cm³/mol. The number of Topliss-reactive ketones (excluding diaryl/α,β-unsaturated/α-hetero) is 2. The molecule has 0 aliphatic heterocycles. The van der Waals surface area contributed by atoms with Crippen LogP contribution >= 0.6 is 0 Å². The number of nitrogens with zero attached hydrogens (tertiary/aromatic N) is 2. The van der Waals surface area contributed by atoms with E-state index in [-0.39, 0.29) is 35.3 Å². The number of aliphatic hydroxyl groups excluding tert-OH is 1. The number of hydrogen-bond donors (Lipinski definition) is 6. The molecule has 2 heterocycles. The van der Waals surface area contributed by atoms with Crippen LogP contribution in [0.15, 0.2) is 66.1 Å². The van der Waals surface area contributed by atoms with E-state index >= 15 is 9.59 Å². The summed E-state index contributed by atoms with van der Waals surface area (Å²) in [7, 11) is -4.75. The van der Waals surface area contributed by atoms with Crippen molar-refractivity contribution in [1.29, 1.82) is 0 Å². The Hall–Kier alpha value is -3.82. The summed E-state index contributed by atoms with van der Waals surface area (Å²) in [5, 5.41) is 12.7. The van der Waals surface area contributed by atoms with E-state index in [0.717, 1.165) is 5.56 Å². The van der Waals surface area contributed by atoms with Gasteiger partial charge in [-0.25, -0.2) is 13.4 Å². The number of benzene rings is 1. The number of sulfone groups is 1. The molecule has 2 aromatic heterocycles. The Morgan fingerprint density at radius 3 is 2.14 bits per heavy atom. The lowest BCUT2D eigenvalue weighted by Gasteiger charge is -2.45. The summed E-state index contributed by atoms with van der Waals surface area (Å²) >= 11 is 0. The number of nitrogens with two attached hydrogens (primary N) is 3. The number of carbonyl (C=O) groups excluding carboxylic acids is 3. The molecule has 2 unspecified atom stereocenters. The molecule has 0 saturated carbocycles. The van der Waals surface area contributed by atoms with Gasteiger partial charge in [-0.2, -0.15) is 0 Å². The van der Waals surface area contributed by atoms with Crippen molar-refractivity contribution in [2.45, 2.75) is 108 Å². The third-order valence-electron chi connectivity index (χ3n) is 9.77. The summed E-state index contributed by atoms with van der Waals surface area (Å²) < 4.78 is 30.0. The standard InChI is InChI=1S/C37H55N7O6S/c1-8-24(7)30(40)33(46)31(29-11-9-10-16-42-29)44-36(48)37(22(4)5,34(47)28(39)18-25-19-41-20-43-25)35(32(45)27(38)17-21(2)3)51(49,50)26-14-12-23(6)13-15-26/h9-16,19-22,24,27-28,30-32,35,45H,8,17-18,38-40H2,1-7H3,(H,41,43)(H,44,48)/t24-,27-,28-,30-,31?,32-,35?,37+/m0/s1. The largest absolute Gasteiger partial charge is 0.390 e. The minimum absolute atomic E-state index is 0.0783. The van der Waals surface area contributed by atoms with Crippen LogP contribution in [0.4, 0.5) is 0 Å². The number of rotatable bonds is 19. The molecular weight excluding hydrogens is 671 g/mol. The summed E-state index contributed by atoms with van der Waals surface area (Å²) in [5.41, 5.74) is 18.2. The number of carbonyl (C=O) groups is 3. The molecule has 3 aromatic rings. The van der Waals surface area contributed by atoms with Crippen molar-refractivity contribution in [3.8, 4) is 0 Å². The van der Waals surface area contributed by atoms with E-state index in [2.05, 4.69) is 20.3 Å². The lowest BCUT2D eigenvalue weighted by Crippen LogP contribution is -2.68. The van der Waals surface area contributed by atoms with Gasteiger partial charge in [0.1, 0.15) is 16.7 Å². The normalized spacial score (nSPS) is 17.5. The van der Waals surface area contributed by atoms with Gasteiger partial charge >= 0.3 is 0 Å². The van der Waals surface area contributed by atoms with Gasteiger partial charge in [0.2, 0.25) is 5.91 Å². The third kappa shape index (κ3) is 9.16. The number of aromatic nitrogens is 3. The van der Waals surface area contributed by atoms with Crippen LogP contribution in [0.5, 0.6) is 0 Å². The molecule has 0 radical (unpaired) electrons. The number of ketones is 2. The molecule has 13 nitrogen and oxygen atoms in total. The summed E-state index contributed by atoms with van der Waals surface area (Å²) in [6, 6.07) is 5.53. The van der Waals surface area contributed by atoms with Gasteiger partial charge in [0.05, 0.1) is 40.8 Å². The van der Waals surface area contributed by atoms with Crippen LogP contribution < -0.4 is 22.5 Å². The number of pyridine rings is 1. The first-order valence-electron chi connectivity index (χ1n) is 17.4. The molecule has 9 N–H and O–H groups in total. The molecular formula is C37H55N7O6S. The molecule has 1 amide bonds. The van der Waals surface area contributed by atoms with E-state index in [1.165, 1.54) is 50.8 Å². The topological polar surface area (TPSA) is 237 Å². The van der Waals surface area contributed by atoms with Gasteiger partial charge in [0, 0.05) is 24.9 Å². The summed E-state index contributed by atoms with van der Waals surface area (Å²) in [5.74, 6) is -4.15. The van der Waals surface area contributed by atoms with Crippen molar-refractivity contribution in [1.82, 2.24) is 20.3 Å². The number of aryl methyl sites for hydroxylation is 1. The molecule has 0 aliphatic carbocycles. The van der Waals surface area contributed by atoms with Crippen molar-refractivity contribution in [2.24, 2.45) is 40.4 Å². The summed E-state index contributed by atoms with van der Waals surface area (Å²) in [6.07, 6.45) is 3.02. The molecule has 8 atom stereocenters. The molecule has 51 heavy (non-hydrogen) atoms. The van der Waals surface area contributed by atoms with E-state index < -0.39 is 74.2 Å². The molecule has 0 fully saturated rings. The maximum Gasteiger partial charge on any atom is 0.236 e. The van der Waals surface area contributed by atoms with Crippen molar-refractivity contribution < 1.29 is 27.9 Å². The number of imidazole rings is 1. The summed E-state index contributed by atoms with van der Waals surface area (Å²) in [4.78, 5) is 55.5. The van der Waals surface area contributed by atoms with E-state index in [1.807, 2.05) is 20.8 Å². The van der Waals surface area contributed by atoms with E-state index in [1.54, 1.807) is 38.1 Å². The lowest BCUT2D eigenvalue weighted by molar-refractivity contribution is -0.150. The first-order chi connectivity index (χ1) is 23.9. The second kappa shape index (κ2) is 17.6.